The van der Waals surface area contributed by atoms with E-state index in [4.69, 9.17) is 0 Å². The molecular weight excluding hydrogens is 324 g/mol. The average Bonchev–Trinajstić information content (AvgIpc) is 2.56. The van der Waals surface area contributed by atoms with Gasteiger partial charge in [0.1, 0.15) is 5.65 Å². The average molecular weight is 340 g/mol. The summed E-state index contributed by atoms with van der Waals surface area (Å²) in [5.41, 5.74) is 2.97. The second-order valence-electron chi connectivity index (χ2n) is 5.37. The molecule has 3 aromatic rings. The van der Waals surface area contributed by atoms with E-state index >= 15 is 0 Å². The van der Waals surface area contributed by atoms with Crippen LogP contribution in [0.1, 0.15) is 11.1 Å². The molecule has 0 aliphatic heterocycles. The molecule has 7 heteroatoms. The Balaban J connectivity index is 1.70. The fourth-order valence-corrected chi connectivity index (χ4v) is 2.83. The topological polar surface area (TPSA) is 76.4 Å². The van der Waals surface area contributed by atoms with Gasteiger partial charge < -0.3 is 5.32 Å². The van der Waals surface area contributed by atoms with E-state index in [9.17, 15) is 9.59 Å². The maximum absolute atomic E-state index is 12.1. The van der Waals surface area contributed by atoms with E-state index < -0.39 is 5.69 Å². The molecule has 0 fully saturated rings. The highest BCUT2D eigenvalue weighted by Gasteiger charge is 2.09. The number of anilines is 1. The number of carbonyl (C=O) groups excluding carboxylic acids is 1. The number of nitrogens with zero attached hydrogens (tertiary/aromatic N) is 3. The smallest absolute Gasteiger partial charge is 0.325 e. The molecule has 0 saturated carbocycles. The van der Waals surface area contributed by atoms with Gasteiger partial charge in [-0.15, -0.1) is 0 Å². The molecule has 3 rings (SSSR count). The molecule has 1 aromatic carbocycles. The zero-order chi connectivity index (χ0) is 17.1. The molecule has 0 bridgehead atoms. The number of aromatic nitrogens is 3. The molecule has 0 spiro atoms. The number of aryl methyl sites for hydroxylation is 2. The van der Waals surface area contributed by atoms with Gasteiger partial charge in [0, 0.05) is 11.9 Å². The minimum atomic E-state index is -0.405. The van der Waals surface area contributed by atoms with Gasteiger partial charge in [0.05, 0.1) is 5.75 Å². The second-order valence-corrected chi connectivity index (χ2v) is 6.32. The third-order valence-electron chi connectivity index (χ3n) is 3.45. The molecule has 0 radical (unpaired) electrons. The van der Waals surface area contributed by atoms with Gasteiger partial charge in [0.2, 0.25) is 5.91 Å². The SMILES string of the molecule is Cc1ccc(C)c(NC(=O)CSc2nc(=O)n3ccccc3n2)c1. The van der Waals surface area contributed by atoms with E-state index in [1.54, 1.807) is 24.4 Å². The van der Waals surface area contributed by atoms with Crippen molar-refractivity contribution in [3.63, 3.8) is 0 Å². The highest BCUT2D eigenvalue weighted by atomic mass is 32.2. The summed E-state index contributed by atoms with van der Waals surface area (Å²) >= 11 is 1.14. The zero-order valence-corrected chi connectivity index (χ0v) is 14.1. The number of hydrogen-bond donors (Lipinski definition) is 1. The Hall–Kier alpha value is -2.67. The third-order valence-corrected chi connectivity index (χ3v) is 4.29. The van der Waals surface area contributed by atoms with E-state index in [1.807, 2.05) is 32.0 Å². The lowest BCUT2D eigenvalue weighted by molar-refractivity contribution is -0.113. The molecule has 1 amide bonds. The van der Waals surface area contributed by atoms with E-state index in [1.165, 1.54) is 4.40 Å². The van der Waals surface area contributed by atoms with Crippen molar-refractivity contribution in [2.24, 2.45) is 0 Å². The van der Waals surface area contributed by atoms with Gasteiger partial charge in [-0.1, -0.05) is 30.0 Å². The second kappa shape index (κ2) is 6.84. The molecule has 122 valence electrons. The van der Waals surface area contributed by atoms with Gasteiger partial charge in [-0.2, -0.15) is 4.98 Å². The first kappa shape index (κ1) is 16.2. The Kier molecular flexibility index (Phi) is 4.61. The number of fused-ring (bicyclic) bond motifs is 1. The fraction of sp³-hybridized carbons (Fsp3) is 0.176. The number of pyridine rings is 1. The highest BCUT2D eigenvalue weighted by Crippen LogP contribution is 2.18. The van der Waals surface area contributed by atoms with Gasteiger partial charge >= 0.3 is 5.69 Å². The summed E-state index contributed by atoms with van der Waals surface area (Å²) in [4.78, 5) is 32.2. The molecule has 0 aliphatic rings. The Morgan fingerprint density at radius 3 is 2.88 bits per heavy atom. The van der Waals surface area contributed by atoms with E-state index in [-0.39, 0.29) is 11.7 Å². The van der Waals surface area contributed by atoms with Gasteiger partial charge in [-0.3, -0.25) is 9.20 Å². The summed E-state index contributed by atoms with van der Waals surface area (Å²) in [6.07, 6.45) is 1.61. The van der Waals surface area contributed by atoms with Crippen molar-refractivity contribution in [3.8, 4) is 0 Å². The zero-order valence-electron chi connectivity index (χ0n) is 13.3. The van der Waals surface area contributed by atoms with Crippen LogP contribution in [-0.2, 0) is 4.79 Å². The summed E-state index contributed by atoms with van der Waals surface area (Å²) in [6.45, 7) is 3.91. The fourth-order valence-electron chi connectivity index (χ4n) is 2.20. The van der Waals surface area contributed by atoms with Crippen LogP contribution in [0, 0.1) is 13.8 Å². The minimum absolute atomic E-state index is 0.135. The van der Waals surface area contributed by atoms with E-state index in [0.29, 0.717) is 10.8 Å². The van der Waals surface area contributed by atoms with Gasteiger partial charge in [0.15, 0.2) is 5.16 Å². The van der Waals surface area contributed by atoms with Crippen molar-refractivity contribution in [2.75, 3.05) is 11.1 Å². The van der Waals surface area contributed by atoms with Crippen LogP contribution in [0.15, 0.2) is 52.5 Å². The number of carbonyl (C=O) groups is 1. The first-order chi connectivity index (χ1) is 11.5. The number of benzene rings is 1. The van der Waals surface area contributed by atoms with Crippen molar-refractivity contribution in [1.82, 2.24) is 14.4 Å². The van der Waals surface area contributed by atoms with Crippen molar-refractivity contribution >= 4 is 29.0 Å². The quantitative estimate of drug-likeness (QED) is 0.738. The van der Waals surface area contributed by atoms with Crippen molar-refractivity contribution < 1.29 is 4.79 Å². The summed E-state index contributed by atoms with van der Waals surface area (Å²) in [6, 6.07) is 11.1. The third kappa shape index (κ3) is 3.62. The maximum atomic E-state index is 12.1. The first-order valence-corrected chi connectivity index (χ1v) is 8.37. The van der Waals surface area contributed by atoms with Gasteiger partial charge in [-0.05, 0) is 43.2 Å². The lowest BCUT2D eigenvalue weighted by Gasteiger charge is -2.09. The van der Waals surface area contributed by atoms with Crippen LogP contribution in [0.3, 0.4) is 0 Å². The first-order valence-electron chi connectivity index (χ1n) is 7.38. The predicted molar refractivity (Wildman–Crippen MR) is 94.5 cm³/mol. The Bertz CT molecular complexity index is 968. The van der Waals surface area contributed by atoms with Gasteiger partial charge in [-0.25, -0.2) is 9.78 Å². The van der Waals surface area contributed by atoms with Crippen molar-refractivity contribution in [2.45, 2.75) is 19.0 Å². The van der Waals surface area contributed by atoms with Crippen LogP contribution in [0.2, 0.25) is 0 Å². The molecule has 2 aromatic heterocycles. The normalized spacial score (nSPS) is 10.8. The highest BCUT2D eigenvalue weighted by molar-refractivity contribution is 7.99. The van der Waals surface area contributed by atoms with Crippen LogP contribution in [0.5, 0.6) is 0 Å². The lowest BCUT2D eigenvalue weighted by atomic mass is 10.1. The predicted octanol–water partition coefficient (Wildman–Crippen LogP) is 2.44. The van der Waals surface area contributed by atoms with Crippen LogP contribution < -0.4 is 11.0 Å². The van der Waals surface area contributed by atoms with E-state index in [2.05, 4.69) is 15.3 Å². The van der Waals surface area contributed by atoms with Crippen molar-refractivity contribution in [1.29, 1.82) is 0 Å². The molecule has 1 N–H and O–H groups in total. The van der Waals surface area contributed by atoms with Crippen LogP contribution in [0.25, 0.3) is 5.65 Å². The lowest BCUT2D eigenvalue weighted by Crippen LogP contribution is -2.20. The molecule has 6 nitrogen and oxygen atoms in total. The molecule has 0 atom stereocenters. The number of amides is 1. The van der Waals surface area contributed by atoms with Crippen LogP contribution >= 0.6 is 11.8 Å². The summed E-state index contributed by atoms with van der Waals surface area (Å²) in [7, 11) is 0. The van der Waals surface area contributed by atoms with Crippen molar-refractivity contribution in [3.05, 3.63) is 64.2 Å². The number of thioether (sulfide) groups is 1. The Labute approximate surface area is 143 Å². The van der Waals surface area contributed by atoms with Crippen LogP contribution in [0.4, 0.5) is 5.69 Å². The molecule has 0 saturated heterocycles. The standard InChI is InChI=1S/C17H16N4O2S/c1-11-6-7-12(2)13(9-11)18-15(22)10-24-16-19-14-5-3-4-8-21(14)17(23)20-16/h3-9H,10H2,1-2H3,(H,18,22). The van der Waals surface area contributed by atoms with Crippen LogP contribution in [-0.4, -0.2) is 26.0 Å². The Morgan fingerprint density at radius 1 is 1.21 bits per heavy atom. The van der Waals surface area contributed by atoms with Gasteiger partial charge in [0.25, 0.3) is 0 Å². The number of hydrogen-bond acceptors (Lipinski definition) is 5. The number of nitrogens with one attached hydrogen (secondary N) is 1. The summed E-state index contributed by atoms with van der Waals surface area (Å²) in [5.74, 6) is -0.0268. The van der Waals surface area contributed by atoms with E-state index in [0.717, 1.165) is 28.6 Å². The molecule has 2 heterocycles. The summed E-state index contributed by atoms with van der Waals surface area (Å²) in [5, 5.41) is 3.17. The minimum Gasteiger partial charge on any atom is -0.325 e. The molecular formula is C17H16N4O2S. The number of rotatable bonds is 4. The largest absolute Gasteiger partial charge is 0.355 e. The molecule has 0 aliphatic carbocycles. The maximum Gasteiger partial charge on any atom is 0.355 e. The monoisotopic (exact) mass is 340 g/mol. The Morgan fingerprint density at radius 2 is 2.04 bits per heavy atom. The summed E-state index contributed by atoms with van der Waals surface area (Å²) < 4.78 is 1.36. The molecule has 0 unspecified atom stereocenters. The molecule has 24 heavy (non-hydrogen) atoms.